The molecule has 5 rings (SSSR count). The fourth-order valence-corrected chi connectivity index (χ4v) is 5.48. The van der Waals surface area contributed by atoms with E-state index in [9.17, 15) is 9.90 Å². The monoisotopic (exact) mass is 470 g/mol. The number of aromatic nitrogens is 2. The number of hydrogen-bond acceptors (Lipinski definition) is 7. The van der Waals surface area contributed by atoms with Crippen LogP contribution in [0.4, 0.5) is 5.82 Å². The van der Waals surface area contributed by atoms with Gasteiger partial charge in [-0.25, -0.2) is 9.97 Å². The smallest absolute Gasteiger partial charge is 0.231 e. The zero-order chi connectivity index (χ0) is 23.1. The number of likely N-dealkylation sites (tertiary alicyclic amines) is 1. The minimum atomic E-state index is -0.519. The number of aliphatic hydroxyl groups excluding tert-OH is 1. The Kier molecular flexibility index (Phi) is 6.26. The molecule has 1 aromatic carbocycles. The molecule has 0 spiro atoms. The first kappa shape index (κ1) is 22.5. The average Bonchev–Trinajstić information content (AvgIpc) is 3.10. The van der Waals surface area contributed by atoms with Crippen molar-refractivity contribution in [2.24, 2.45) is 5.73 Å². The average molecular weight is 471 g/mol. The second-order valence-corrected chi connectivity index (χ2v) is 9.98. The van der Waals surface area contributed by atoms with Crippen molar-refractivity contribution >= 4 is 23.3 Å². The summed E-state index contributed by atoms with van der Waals surface area (Å²) in [5, 5.41) is 11.0. The van der Waals surface area contributed by atoms with Crippen molar-refractivity contribution < 1.29 is 9.90 Å². The molecule has 0 radical (unpaired) electrons. The van der Waals surface area contributed by atoms with Gasteiger partial charge in [-0.3, -0.25) is 9.69 Å². The molecule has 3 heterocycles. The molecular weight excluding hydrogens is 440 g/mol. The van der Waals surface area contributed by atoms with Gasteiger partial charge >= 0.3 is 0 Å². The Labute approximate surface area is 199 Å². The van der Waals surface area contributed by atoms with Crippen LogP contribution in [0.1, 0.15) is 48.1 Å². The highest BCUT2D eigenvalue weighted by Crippen LogP contribution is 2.42. The summed E-state index contributed by atoms with van der Waals surface area (Å²) in [7, 11) is 0. The van der Waals surface area contributed by atoms with Crippen molar-refractivity contribution in [2.45, 2.75) is 37.3 Å². The predicted molar refractivity (Wildman–Crippen MR) is 127 cm³/mol. The van der Waals surface area contributed by atoms with E-state index in [-0.39, 0.29) is 23.8 Å². The highest BCUT2D eigenvalue weighted by Gasteiger charge is 2.36. The molecule has 2 fully saturated rings. The summed E-state index contributed by atoms with van der Waals surface area (Å²) in [4.78, 5) is 28.9. The molecule has 3 atom stereocenters. The molecular formula is C24H31ClN6O2. The molecule has 176 valence electrons. The molecule has 33 heavy (non-hydrogen) atoms. The number of aliphatic hydroxyl groups is 1. The van der Waals surface area contributed by atoms with E-state index < -0.39 is 6.10 Å². The van der Waals surface area contributed by atoms with Gasteiger partial charge in [-0.1, -0.05) is 30.7 Å². The topological polar surface area (TPSA) is 98.8 Å². The van der Waals surface area contributed by atoms with Crippen molar-refractivity contribution in [3.63, 3.8) is 0 Å². The molecule has 3 aliphatic rings. The van der Waals surface area contributed by atoms with Crippen LogP contribution in [0.5, 0.6) is 0 Å². The molecule has 1 amide bonds. The van der Waals surface area contributed by atoms with Crippen LogP contribution in [-0.2, 0) is 4.79 Å². The second-order valence-electron chi connectivity index (χ2n) is 9.54. The largest absolute Gasteiger partial charge is 0.387 e. The summed E-state index contributed by atoms with van der Waals surface area (Å²) in [6, 6.07) is 7.81. The Morgan fingerprint density at radius 3 is 2.55 bits per heavy atom. The van der Waals surface area contributed by atoms with Gasteiger partial charge in [-0.2, -0.15) is 0 Å². The zero-order valence-corrected chi connectivity index (χ0v) is 19.7. The molecule has 8 nitrogen and oxygen atoms in total. The molecule has 0 bridgehead atoms. The normalized spacial score (nSPS) is 24.5. The lowest BCUT2D eigenvalue weighted by molar-refractivity contribution is -0.134. The third kappa shape index (κ3) is 4.45. The molecule has 1 unspecified atom stereocenters. The number of nitrogens with zero attached hydrogens (tertiary/aromatic N) is 5. The summed E-state index contributed by atoms with van der Waals surface area (Å²) in [6.45, 7) is 7.13. The van der Waals surface area contributed by atoms with Gasteiger partial charge in [0.2, 0.25) is 5.91 Å². The first-order chi connectivity index (χ1) is 15.9. The van der Waals surface area contributed by atoms with Crippen LogP contribution in [0, 0.1) is 0 Å². The van der Waals surface area contributed by atoms with Crippen molar-refractivity contribution in [2.75, 3.05) is 50.7 Å². The summed E-state index contributed by atoms with van der Waals surface area (Å²) in [5.41, 5.74) is 8.76. The Morgan fingerprint density at radius 2 is 1.88 bits per heavy atom. The number of carbonyl (C=O) groups excluding carboxylic acids is 1. The van der Waals surface area contributed by atoms with E-state index in [1.54, 1.807) is 6.33 Å². The maximum absolute atomic E-state index is 13.6. The van der Waals surface area contributed by atoms with E-state index in [1.165, 1.54) is 0 Å². The van der Waals surface area contributed by atoms with Crippen LogP contribution in [0.25, 0.3) is 0 Å². The quantitative estimate of drug-likeness (QED) is 0.686. The van der Waals surface area contributed by atoms with Crippen molar-refractivity contribution in [1.29, 1.82) is 0 Å². The summed E-state index contributed by atoms with van der Waals surface area (Å²) in [5.74, 6) is 1.04. The van der Waals surface area contributed by atoms with Gasteiger partial charge in [0.15, 0.2) is 0 Å². The number of anilines is 1. The number of amides is 1. The van der Waals surface area contributed by atoms with E-state index in [1.807, 2.05) is 29.2 Å². The van der Waals surface area contributed by atoms with E-state index in [2.05, 4.69) is 26.7 Å². The molecule has 1 aliphatic carbocycles. The lowest BCUT2D eigenvalue weighted by Gasteiger charge is -2.41. The fraction of sp³-hybridized carbons (Fsp3) is 0.542. The predicted octanol–water partition coefficient (Wildman–Crippen LogP) is 1.75. The van der Waals surface area contributed by atoms with Crippen molar-refractivity contribution in [3.05, 3.63) is 52.4 Å². The van der Waals surface area contributed by atoms with Gasteiger partial charge < -0.3 is 20.6 Å². The van der Waals surface area contributed by atoms with Gasteiger partial charge in [0.05, 0.1) is 17.7 Å². The van der Waals surface area contributed by atoms with Crippen LogP contribution >= 0.6 is 11.6 Å². The Hall–Kier alpha value is -2.26. The number of halogens is 1. The number of carbonyl (C=O) groups is 1. The minimum Gasteiger partial charge on any atom is -0.387 e. The molecule has 3 N–H and O–H groups in total. The summed E-state index contributed by atoms with van der Waals surface area (Å²) >= 11 is 6.09. The Morgan fingerprint density at radius 1 is 1.18 bits per heavy atom. The molecule has 2 aliphatic heterocycles. The Balaban J connectivity index is 1.29. The van der Waals surface area contributed by atoms with Crippen LogP contribution in [0.2, 0.25) is 5.02 Å². The number of fused-ring (bicyclic) bond motifs is 1. The summed E-state index contributed by atoms with van der Waals surface area (Å²) < 4.78 is 0. The third-order valence-electron chi connectivity index (χ3n) is 7.17. The molecule has 1 aromatic heterocycles. The van der Waals surface area contributed by atoms with Crippen LogP contribution in [-0.4, -0.2) is 82.6 Å². The number of hydrogen-bond donors (Lipinski definition) is 2. The first-order valence-corrected chi connectivity index (χ1v) is 12.1. The first-order valence-electron chi connectivity index (χ1n) is 11.7. The number of benzene rings is 1. The summed E-state index contributed by atoms with van der Waals surface area (Å²) in [6.07, 6.45) is 1.71. The van der Waals surface area contributed by atoms with Gasteiger partial charge in [-0.05, 0) is 30.0 Å². The highest BCUT2D eigenvalue weighted by molar-refractivity contribution is 6.30. The van der Waals surface area contributed by atoms with E-state index in [4.69, 9.17) is 17.3 Å². The van der Waals surface area contributed by atoms with Gasteiger partial charge in [0, 0.05) is 62.4 Å². The molecule has 9 heteroatoms. The molecule has 2 aromatic rings. The minimum absolute atomic E-state index is 0.147. The lowest BCUT2D eigenvalue weighted by atomic mass is 9.94. The lowest BCUT2D eigenvalue weighted by Crippen LogP contribution is -2.58. The van der Waals surface area contributed by atoms with Gasteiger partial charge in [0.1, 0.15) is 12.1 Å². The number of piperazine rings is 1. The molecule has 0 saturated carbocycles. The van der Waals surface area contributed by atoms with Crippen LogP contribution in [0.15, 0.2) is 30.6 Å². The van der Waals surface area contributed by atoms with Crippen LogP contribution in [0.3, 0.4) is 0 Å². The van der Waals surface area contributed by atoms with Crippen molar-refractivity contribution in [1.82, 2.24) is 19.8 Å². The SMILES string of the molecule is C[C@@H]1C[C@@H](O)c2ncnc(N3CCN(C(=O)C(CN4CC(N)C4)c4ccc(Cl)cc4)CC3)c21. The van der Waals surface area contributed by atoms with Gasteiger partial charge in [0.25, 0.3) is 0 Å². The highest BCUT2D eigenvalue weighted by atomic mass is 35.5. The maximum atomic E-state index is 13.6. The fourth-order valence-electron chi connectivity index (χ4n) is 5.35. The second kappa shape index (κ2) is 9.18. The van der Waals surface area contributed by atoms with Gasteiger partial charge in [-0.15, -0.1) is 0 Å². The number of nitrogens with two attached hydrogens (primary N) is 1. The molecule has 2 saturated heterocycles. The standard InChI is InChI=1S/C24H31ClN6O2/c1-15-10-20(32)22-21(15)23(28-14-27-22)30-6-8-31(9-7-30)24(33)19(13-29-11-18(26)12-29)16-2-4-17(25)5-3-16/h2-5,14-15,18-20,32H,6-13,26H2,1H3/t15-,19?,20-/m1/s1. The zero-order valence-electron chi connectivity index (χ0n) is 18.9. The Bertz CT molecular complexity index is 1000. The van der Waals surface area contributed by atoms with Crippen LogP contribution < -0.4 is 10.6 Å². The van der Waals surface area contributed by atoms with E-state index >= 15 is 0 Å². The third-order valence-corrected chi connectivity index (χ3v) is 7.42. The van der Waals surface area contributed by atoms with Crippen molar-refractivity contribution in [3.8, 4) is 0 Å². The number of rotatable bonds is 5. The van der Waals surface area contributed by atoms with E-state index in [0.717, 1.165) is 35.7 Å². The maximum Gasteiger partial charge on any atom is 0.231 e. The van der Waals surface area contributed by atoms with E-state index in [0.29, 0.717) is 44.2 Å².